The molecule has 0 saturated heterocycles. The minimum atomic E-state index is 0. The van der Waals surface area contributed by atoms with Crippen LogP contribution in [-0.4, -0.2) is 0 Å². The first-order chi connectivity index (χ1) is 12.2. The molecular formula is C20H19Cl2N3O2. The third-order valence-electron chi connectivity index (χ3n) is 3.57. The molecule has 0 saturated carbocycles. The van der Waals surface area contributed by atoms with Gasteiger partial charge in [0, 0.05) is 0 Å². The van der Waals surface area contributed by atoms with E-state index in [1.807, 2.05) is 48.5 Å². The van der Waals surface area contributed by atoms with Gasteiger partial charge in [0.15, 0.2) is 5.75 Å². The molecule has 5 nitrogen and oxygen atoms in total. The predicted molar refractivity (Wildman–Crippen MR) is 112 cm³/mol. The summed E-state index contributed by atoms with van der Waals surface area (Å²) in [6.45, 7) is 0.497. The van der Waals surface area contributed by atoms with Crippen molar-refractivity contribution in [3.05, 3.63) is 77.9 Å². The van der Waals surface area contributed by atoms with Gasteiger partial charge >= 0.3 is 0 Å². The van der Waals surface area contributed by atoms with E-state index < -0.39 is 0 Å². The van der Waals surface area contributed by atoms with Crippen LogP contribution in [0.25, 0.3) is 0 Å². The van der Waals surface area contributed by atoms with Gasteiger partial charge in [-0.15, -0.1) is 24.8 Å². The largest absolute Gasteiger partial charge is 0.489 e. The maximum absolute atomic E-state index is 8.91. The zero-order valence-electron chi connectivity index (χ0n) is 14.3. The number of halogens is 2. The topological polar surface area (TPSA) is 94.3 Å². The van der Waals surface area contributed by atoms with Crippen LogP contribution in [0.5, 0.6) is 17.2 Å². The molecule has 4 N–H and O–H groups in total. The van der Waals surface area contributed by atoms with Crippen LogP contribution in [0.1, 0.15) is 11.1 Å². The van der Waals surface area contributed by atoms with E-state index >= 15 is 0 Å². The molecule has 3 aromatic carbocycles. The van der Waals surface area contributed by atoms with Crippen LogP contribution in [0, 0.1) is 11.3 Å². The molecule has 0 amide bonds. The molecule has 27 heavy (non-hydrogen) atoms. The van der Waals surface area contributed by atoms with Crippen molar-refractivity contribution in [2.75, 3.05) is 11.5 Å². The van der Waals surface area contributed by atoms with Gasteiger partial charge in [-0.05, 0) is 42.0 Å². The van der Waals surface area contributed by atoms with Crippen molar-refractivity contribution in [3.63, 3.8) is 0 Å². The molecule has 0 bridgehead atoms. The van der Waals surface area contributed by atoms with E-state index in [1.54, 1.807) is 12.1 Å². The van der Waals surface area contributed by atoms with Crippen molar-refractivity contribution in [2.45, 2.75) is 6.61 Å². The fourth-order valence-electron chi connectivity index (χ4n) is 2.32. The Morgan fingerprint density at radius 3 is 1.93 bits per heavy atom. The Hall–Kier alpha value is -3.07. The Morgan fingerprint density at radius 2 is 1.37 bits per heavy atom. The molecule has 140 valence electrons. The normalized spacial score (nSPS) is 9.30. The second-order valence-corrected chi connectivity index (χ2v) is 5.44. The van der Waals surface area contributed by atoms with Crippen LogP contribution in [0.3, 0.4) is 0 Å². The van der Waals surface area contributed by atoms with Gasteiger partial charge in [0.25, 0.3) is 0 Å². The zero-order valence-corrected chi connectivity index (χ0v) is 15.9. The van der Waals surface area contributed by atoms with Crippen molar-refractivity contribution in [2.24, 2.45) is 0 Å². The molecule has 0 aliphatic heterocycles. The average molecular weight is 404 g/mol. The fraction of sp³-hybridized carbons (Fsp3) is 0.0500. The summed E-state index contributed by atoms with van der Waals surface area (Å²) in [6.07, 6.45) is 0. The molecule has 0 spiro atoms. The maximum Gasteiger partial charge on any atom is 0.173 e. The molecule has 0 unspecified atom stereocenters. The Balaban J connectivity index is 0.00000182. The van der Waals surface area contributed by atoms with E-state index in [-0.39, 0.29) is 24.8 Å². The molecule has 0 aliphatic carbocycles. The standard InChI is InChI=1S/C20H17N3O2.2ClH/c21-12-15-10-18(22)20(19(23)11-15)25-17-8-6-16(7-9-17)24-13-14-4-2-1-3-5-14;;/h1-11H,13,22-23H2;2*1H. The van der Waals surface area contributed by atoms with Crippen molar-refractivity contribution in [1.29, 1.82) is 5.26 Å². The van der Waals surface area contributed by atoms with Crippen LogP contribution in [0.15, 0.2) is 66.7 Å². The SMILES string of the molecule is Cl.Cl.N#Cc1cc(N)c(Oc2ccc(OCc3ccccc3)cc2)c(N)c1. The molecule has 7 heteroatoms. The first-order valence-electron chi connectivity index (χ1n) is 7.69. The van der Waals surface area contributed by atoms with Gasteiger partial charge in [-0.1, -0.05) is 30.3 Å². The summed E-state index contributed by atoms with van der Waals surface area (Å²) in [5.74, 6) is 1.66. The van der Waals surface area contributed by atoms with Gasteiger partial charge in [0.1, 0.15) is 18.1 Å². The lowest BCUT2D eigenvalue weighted by molar-refractivity contribution is 0.306. The molecule has 0 radical (unpaired) electrons. The Labute approximate surface area is 170 Å². The molecule has 0 fully saturated rings. The summed E-state index contributed by atoms with van der Waals surface area (Å²) < 4.78 is 11.5. The lowest BCUT2D eigenvalue weighted by Gasteiger charge is -2.12. The number of anilines is 2. The van der Waals surface area contributed by atoms with Crippen LogP contribution in [0.2, 0.25) is 0 Å². The minimum absolute atomic E-state index is 0. The smallest absolute Gasteiger partial charge is 0.173 e. The molecular weight excluding hydrogens is 385 g/mol. The van der Waals surface area contributed by atoms with E-state index in [0.29, 0.717) is 35.0 Å². The fourth-order valence-corrected chi connectivity index (χ4v) is 2.32. The molecule has 0 aromatic heterocycles. The van der Waals surface area contributed by atoms with Crippen LogP contribution < -0.4 is 20.9 Å². The molecule has 0 atom stereocenters. The Bertz CT molecular complexity index is 888. The second-order valence-electron chi connectivity index (χ2n) is 5.44. The summed E-state index contributed by atoms with van der Waals surface area (Å²) in [5, 5.41) is 8.91. The van der Waals surface area contributed by atoms with E-state index in [0.717, 1.165) is 11.3 Å². The van der Waals surface area contributed by atoms with Crippen molar-refractivity contribution >= 4 is 36.2 Å². The highest BCUT2D eigenvalue weighted by atomic mass is 35.5. The van der Waals surface area contributed by atoms with Gasteiger partial charge in [0.05, 0.1) is 23.0 Å². The lowest BCUT2D eigenvalue weighted by Crippen LogP contribution is -1.99. The number of hydrogen-bond acceptors (Lipinski definition) is 5. The summed E-state index contributed by atoms with van der Waals surface area (Å²) in [5.41, 5.74) is 13.9. The molecule has 0 heterocycles. The summed E-state index contributed by atoms with van der Waals surface area (Å²) in [6, 6.07) is 22.2. The number of ether oxygens (including phenoxy) is 2. The molecule has 0 aliphatic rings. The number of nitriles is 1. The second kappa shape index (κ2) is 10.2. The van der Waals surface area contributed by atoms with Crippen molar-refractivity contribution < 1.29 is 9.47 Å². The van der Waals surface area contributed by atoms with Gasteiger partial charge < -0.3 is 20.9 Å². The van der Waals surface area contributed by atoms with E-state index in [4.69, 9.17) is 26.2 Å². The monoisotopic (exact) mass is 403 g/mol. The lowest BCUT2D eigenvalue weighted by atomic mass is 10.1. The third-order valence-corrected chi connectivity index (χ3v) is 3.57. The van der Waals surface area contributed by atoms with Gasteiger partial charge in [-0.3, -0.25) is 0 Å². The first-order valence-corrected chi connectivity index (χ1v) is 7.69. The molecule has 3 aromatic rings. The third kappa shape index (κ3) is 5.71. The minimum Gasteiger partial charge on any atom is -0.489 e. The van der Waals surface area contributed by atoms with E-state index in [1.165, 1.54) is 12.1 Å². The van der Waals surface area contributed by atoms with Crippen LogP contribution in [-0.2, 0) is 6.61 Å². The Morgan fingerprint density at radius 1 is 0.815 bits per heavy atom. The highest BCUT2D eigenvalue weighted by Crippen LogP contribution is 2.35. The first kappa shape index (κ1) is 22.0. The summed E-state index contributed by atoms with van der Waals surface area (Å²) in [4.78, 5) is 0. The summed E-state index contributed by atoms with van der Waals surface area (Å²) >= 11 is 0. The zero-order chi connectivity index (χ0) is 17.6. The van der Waals surface area contributed by atoms with Crippen LogP contribution >= 0.6 is 24.8 Å². The number of benzene rings is 3. The van der Waals surface area contributed by atoms with Crippen molar-refractivity contribution in [3.8, 4) is 23.3 Å². The highest BCUT2D eigenvalue weighted by Gasteiger charge is 2.09. The average Bonchev–Trinajstić information content (AvgIpc) is 2.64. The number of nitrogen functional groups attached to an aromatic ring is 2. The highest BCUT2D eigenvalue weighted by molar-refractivity contribution is 5.85. The quantitative estimate of drug-likeness (QED) is 0.588. The van der Waals surface area contributed by atoms with E-state index in [9.17, 15) is 0 Å². The number of hydrogen-bond donors (Lipinski definition) is 2. The number of nitrogens with zero attached hydrogens (tertiary/aromatic N) is 1. The van der Waals surface area contributed by atoms with Gasteiger partial charge in [-0.2, -0.15) is 5.26 Å². The molecule has 3 rings (SSSR count). The van der Waals surface area contributed by atoms with Crippen LogP contribution in [0.4, 0.5) is 11.4 Å². The maximum atomic E-state index is 8.91. The summed E-state index contributed by atoms with van der Waals surface area (Å²) in [7, 11) is 0. The van der Waals surface area contributed by atoms with Crippen molar-refractivity contribution in [1.82, 2.24) is 0 Å². The number of rotatable bonds is 5. The Kier molecular flexibility index (Phi) is 8.28. The van der Waals surface area contributed by atoms with E-state index in [2.05, 4.69) is 0 Å². The predicted octanol–water partition coefficient (Wildman–Crippen LogP) is 4.94. The van der Waals surface area contributed by atoms with Gasteiger partial charge in [0.2, 0.25) is 0 Å². The van der Waals surface area contributed by atoms with Gasteiger partial charge in [-0.25, -0.2) is 0 Å². The number of nitrogens with two attached hydrogens (primary N) is 2.